The minimum atomic E-state index is -0.702. The summed E-state index contributed by atoms with van der Waals surface area (Å²) in [4.78, 5) is 27.1. The predicted molar refractivity (Wildman–Crippen MR) is 118 cm³/mol. The topological polar surface area (TPSA) is 58.6 Å². The van der Waals surface area contributed by atoms with Gasteiger partial charge in [0.2, 0.25) is 0 Å². The lowest BCUT2D eigenvalue weighted by atomic mass is 9.87. The number of para-hydroxylation sites is 1. The number of nitrogens with one attached hydrogen (secondary N) is 1. The number of hydrogen-bond donors (Lipinski definition) is 1. The Balaban J connectivity index is 2.09. The fraction of sp³-hybridized carbons (Fsp3) is 0.417. The number of nitrogens with zero attached hydrogens (tertiary/aromatic N) is 1. The highest BCUT2D eigenvalue weighted by molar-refractivity contribution is 6.04. The van der Waals surface area contributed by atoms with Gasteiger partial charge in [-0.2, -0.15) is 0 Å². The summed E-state index contributed by atoms with van der Waals surface area (Å²) >= 11 is 0. The standard InChI is InChI=1S/C24H32N2O3/c1-7-26(8-2)23(28)20-11-9-10-12-21(20)25-22(27)17(3)29-19-15-13-18(14-16-19)24(4,5)6/h9-17H,7-8H2,1-6H3,(H,25,27). The van der Waals surface area contributed by atoms with Crippen LogP contribution in [0.1, 0.15) is 57.5 Å². The minimum Gasteiger partial charge on any atom is -0.481 e. The molecule has 0 aliphatic carbocycles. The number of carbonyl (C=O) groups excluding carboxylic acids is 2. The van der Waals surface area contributed by atoms with E-state index in [0.717, 1.165) is 0 Å². The highest BCUT2D eigenvalue weighted by Gasteiger charge is 2.21. The molecule has 2 aromatic rings. The molecule has 1 atom stereocenters. The van der Waals surface area contributed by atoms with Crippen molar-refractivity contribution in [1.82, 2.24) is 4.90 Å². The molecule has 0 spiro atoms. The zero-order valence-electron chi connectivity index (χ0n) is 18.3. The molecule has 0 saturated carbocycles. The first-order valence-electron chi connectivity index (χ1n) is 10.1. The van der Waals surface area contributed by atoms with E-state index in [-0.39, 0.29) is 17.2 Å². The van der Waals surface area contributed by atoms with E-state index in [1.54, 1.807) is 36.1 Å². The van der Waals surface area contributed by atoms with Crippen molar-refractivity contribution < 1.29 is 14.3 Å². The lowest BCUT2D eigenvalue weighted by Crippen LogP contribution is -2.33. The molecule has 0 fully saturated rings. The molecule has 0 saturated heterocycles. The maximum atomic E-state index is 12.7. The minimum absolute atomic E-state index is 0.0582. The second-order valence-electron chi connectivity index (χ2n) is 8.05. The number of amides is 2. The van der Waals surface area contributed by atoms with Crippen LogP contribution in [-0.2, 0) is 10.2 Å². The number of benzene rings is 2. The number of ether oxygens (including phenoxy) is 1. The summed E-state index contributed by atoms with van der Waals surface area (Å²) in [6.45, 7) is 13.2. The van der Waals surface area contributed by atoms with Crippen LogP contribution >= 0.6 is 0 Å². The monoisotopic (exact) mass is 396 g/mol. The van der Waals surface area contributed by atoms with Gasteiger partial charge in [0.25, 0.3) is 11.8 Å². The van der Waals surface area contributed by atoms with Crippen LogP contribution in [0, 0.1) is 0 Å². The van der Waals surface area contributed by atoms with Gasteiger partial charge in [-0.25, -0.2) is 0 Å². The Hall–Kier alpha value is -2.82. The van der Waals surface area contributed by atoms with Crippen molar-refractivity contribution >= 4 is 17.5 Å². The Labute approximate surface area is 174 Å². The molecule has 5 heteroatoms. The van der Waals surface area contributed by atoms with E-state index in [1.807, 2.05) is 38.1 Å². The van der Waals surface area contributed by atoms with Gasteiger partial charge in [-0.1, -0.05) is 45.0 Å². The third-order valence-corrected chi connectivity index (χ3v) is 4.87. The van der Waals surface area contributed by atoms with Crippen LogP contribution in [0.4, 0.5) is 5.69 Å². The lowest BCUT2D eigenvalue weighted by molar-refractivity contribution is -0.122. The molecule has 2 amide bonds. The highest BCUT2D eigenvalue weighted by Crippen LogP contribution is 2.25. The van der Waals surface area contributed by atoms with E-state index in [9.17, 15) is 9.59 Å². The van der Waals surface area contributed by atoms with Crippen LogP contribution in [0.25, 0.3) is 0 Å². The molecule has 0 bridgehead atoms. The van der Waals surface area contributed by atoms with Crippen LogP contribution < -0.4 is 10.1 Å². The number of anilines is 1. The van der Waals surface area contributed by atoms with Crippen molar-refractivity contribution in [2.75, 3.05) is 18.4 Å². The third kappa shape index (κ3) is 5.83. The Morgan fingerprint density at radius 1 is 1.00 bits per heavy atom. The Bertz CT molecular complexity index is 834. The number of hydrogen-bond acceptors (Lipinski definition) is 3. The van der Waals surface area contributed by atoms with E-state index >= 15 is 0 Å². The molecule has 2 aromatic carbocycles. The van der Waals surface area contributed by atoms with Crippen LogP contribution in [0.3, 0.4) is 0 Å². The van der Waals surface area contributed by atoms with Crippen LogP contribution in [0.15, 0.2) is 48.5 Å². The molecule has 0 heterocycles. The van der Waals surface area contributed by atoms with Gasteiger partial charge in [0.15, 0.2) is 6.10 Å². The second kappa shape index (κ2) is 9.59. The molecule has 0 aliphatic rings. The van der Waals surface area contributed by atoms with Crippen molar-refractivity contribution in [1.29, 1.82) is 0 Å². The van der Waals surface area contributed by atoms with Gasteiger partial charge in [0, 0.05) is 13.1 Å². The molecular formula is C24H32N2O3. The molecule has 0 radical (unpaired) electrons. The fourth-order valence-electron chi connectivity index (χ4n) is 2.99. The molecule has 156 valence electrons. The van der Waals surface area contributed by atoms with Crippen molar-refractivity contribution in [3.05, 3.63) is 59.7 Å². The second-order valence-corrected chi connectivity index (χ2v) is 8.05. The molecule has 29 heavy (non-hydrogen) atoms. The van der Waals surface area contributed by atoms with Gasteiger partial charge in [0.1, 0.15) is 5.75 Å². The highest BCUT2D eigenvalue weighted by atomic mass is 16.5. The number of carbonyl (C=O) groups is 2. The number of rotatable bonds is 7. The molecule has 1 unspecified atom stereocenters. The van der Waals surface area contributed by atoms with E-state index < -0.39 is 6.10 Å². The first-order chi connectivity index (χ1) is 13.7. The average molecular weight is 397 g/mol. The molecule has 1 N–H and O–H groups in total. The lowest BCUT2D eigenvalue weighted by Gasteiger charge is -2.22. The molecule has 0 aromatic heterocycles. The van der Waals surface area contributed by atoms with Crippen molar-refractivity contribution in [3.63, 3.8) is 0 Å². The SMILES string of the molecule is CCN(CC)C(=O)c1ccccc1NC(=O)C(C)Oc1ccc(C(C)(C)C)cc1. The summed E-state index contributed by atoms with van der Waals surface area (Å²) in [5.74, 6) is 0.232. The van der Waals surface area contributed by atoms with Gasteiger partial charge in [0.05, 0.1) is 11.3 Å². The fourth-order valence-corrected chi connectivity index (χ4v) is 2.99. The van der Waals surface area contributed by atoms with Gasteiger partial charge >= 0.3 is 0 Å². The van der Waals surface area contributed by atoms with Crippen molar-refractivity contribution in [2.45, 2.75) is 53.1 Å². The zero-order chi connectivity index (χ0) is 21.6. The van der Waals surface area contributed by atoms with Crippen molar-refractivity contribution in [2.24, 2.45) is 0 Å². The predicted octanol–water partition coefficient (Wildman–Crippen LogP) is 4.87. The normalized spacial score (nSPS) is 12.2. The molecular weight excluding hydrogens is 364 g/mol. The first-order valence-corrected chi connectivity index (χ1v) is 10.1. The first kappa shape index (κ1) is 22.5. The molecule has 5 nitrogen and oxygen atoms in total. The van der Waals surface area contributed by atoms with Crippen LogP contribution in [-0.4, -0.2) is 35.9 Å². The van der Waals surface area contributed by atoms with Gasteiger partial charge in [-0.05, 0) is 56.0 Å². The summed E-state index contributed by atoms with van der Waals surface area (Å²) in [6, 6.07) is 14.8. The van der Waals surface area contributed by atoms with Gasteiger partial charge in [-0.15, -0.1) is 0 Å². The van der Waals surface area contributed by atoms with E-state index in [0.29, 0.717) is 30.1 Å². The average Bonchev–Trinajstić information content (AvgIpc) is 2.69. The van der Waals surface area contributed by atoms with E-state index in [1.165, 1.54) is 5.56 Å². The summed E-state index contributed by atoms with van der Waals surface area (Å²) in [5.41, 5.74) is 2.23. The van der Waals surface area contributed by atoms with Crippen LogP contribution in [0.5, 0.6) is 5.75 Å². The van der Waals surface area contributed by atoms with E-state index in [2.05, 4.69) is 26.1 Å². The molecule has 0 aliphatic heterocycles. The Morgan fingerprint density at radius 3 is 2.14 bits per heavy atom. The van der Waals surface area contributed by atoms with E-state index in [4.69, 9.17) is 4.74 Å². The smallest absolute Gasteiger partial charge is 0.265 e. The zero-order valence-corrected chi connectivity index (χ0v) is 18.3. The van der Waals surface area contributed by atoms with Gasteiger partial charge in [-0.3, -0.25) is 9.59 Å². The summed E-state index contributed by atoms with van der Waals surface area (Å²) in [6.07, 6.45) is -0.702. The van der Waals surface area contributed by atoms with Crippen molar-refractivity contribution in [3.8, 4) is 5.75 Å². The van der Waals surface area contributed by atoms with Crippen LogP contribution in [0.2, 0.25) is 0 Å². The summed E-state index contributed by atoms with van der Waals surface area (Å²) in [5, 5.41) is 2.84. The quantitative estimate of drug-likeness (QED) is 0.726. The Kier molecular flexibility index (Phi) is 7.43. The maximum Gasteiger partial charge on any atom is 0.265 e. The Morgan fingerprint density at radius 2 is 1.59 bits per heavy atom. The molecule has 2 rings (SSSR count). The summed E-state index contributed by atoms with van der Waals surface area (Å²) in [7, 11) is 0. The summed E-state index contributed by atoms with van der Waals surface area (Å²) < 4.78 is 5.80. The third-order valence-electron chi connectivity index (χ3n) is 4.87. The largest absolute Gasteiger partial charge is 0.481 e. The maximum absolute atomic E-state index is 12.7. The van der Waals surface area contributed by atoms with Gasteiger partial charge < -0.3 is 15.0 Å².